The Morgan fingerprint density at radius 2 is 1.74 bits per heavy atom. The van der Waals surface area contributed by atoms with Gasteiger partial charge in [0.05, 0.1) is 25.2 Å². The third-order valence-electron chi connectivity index (χ3n) is 5.76. The number of rotatable bonds is 5. The van der Waals surface area contributed by atoms with Gasteiger partial charge >= 0.3 is 0 Å². The molecule has 2 saturated heterocycles. The highest BCUT2D eigenvalue weighted by atomic mass is 16.6. The fraction of sp³-hybridized carbons (Fsp3) is 0.409. The van der Waals surface area contributed by atoms with E-state index in [1.165, 1.54) is 0 Å². The Kier molecular flexibility index (Phi) is 6.22. The number of carbonyl (C=O) groups is 1. The predicted molar refractivity (Wildman–Crippen MR) is 117 cm³/mol. The molecule has 0 spiro atoms. The van der Waals surface area contributed by atoms with Crippen molar-refractivity contribution < 1.29 is 19.2 Å². The summed E-state index contributed by atoms with van der Waals surface area (Å²) in [6, 6.07) is 12.4. The maximum atomic E-state index is 12.8. The molecule has 2 aromatic carbocycles. The van der Waals surface area contributed by atoms with Crippen molar-refractivity contribution in [3.8, 4) is 5.75 Å². The molecule has 31 heavy (non-hydrogen) atoms. The fourth-order valence-electron chi connectivity index (χ4n) is 4.03. The summed E-state index contributed by atoms with van der Waals surface area (Å²) in [6.45, 7) is 4.88. The van der Waals surface area contributed by atoms with Gasteiger partial charge in [0.25, 0.3) is 11.6 Å². The molecule has 2 aliphatic heterocycles. The number of nitro groups is 1. The van der Waals surface area contributed by atoms with Gasteiger partial charge in [0.2, 0.25) is 0 Å². The molecule has 0 radical (unpaired) electrons. The number of anilines is 2. The molecular weight excluding hydrogens is 400 g/mol. The molecule has 2 aliphatic rings. The fourth-order valence-corrected chi connectivity index (χ4v) is 4.03. The Balaban J connectivity index is 1.47. The Morgan fingerprint density at radius 3 is 2.42 bits per heavy atom. The van der Waals surface area contributed by atoms with E-state index < -0.39 is 0 Å². The molecule has 0 atom stereocenters. The summed E-state index contributed by atoms with van der Waals surface area (Å²) in [5, 5.41) is 11.5. The first-order valence-electron chi connectivity index (χ1n) is 10.4. The maximum absolute atomic E-state index is 12.8. The standard InChI is InChI=1S/C22H26N4O5/c1-30-19-4-2-3-17(15-19)22(27)25-9-7-23(8-10-25)18-5-6-20(26(28)29)21(16-18)24-11-13-31-14-12-24/h2-6,15-16H,7-14H2,1H3. The van der Waals surface area contributed by atoms with E-state index in [1.54, 1.807) is 31.4 Å². The molecule has 0 saturated carbocycles. The lowest BCUT2D eigenvalue weighted by atomic mass is 10.1. The van der Waals surface area contributed by atoms with E-state index in [1.807, 2.05) is 28.0 Å². The first-order chi connectivity index (χ1) is 15.1. The second-order valence-electron chi connectivity index (χ2n) is 7.54. The third kappa shape index (κ3) is 4.56. The van der Waals surface area contributed by atoms with Crippen LogP contribution >= 0.6 is 0 Å². The van der Waals surface area contributed by atoms with E-state index in [4.69, 9.17) is 9.47 Å². The largest absolute Gasteiger partial charge is 0.497 e. The number of amides is 1. The maximum Gasteiger partial charge on any atom is 0.292 e. The van der Waals surface area contributed by atoms with Gasteiger partial charge in [0.15, 0.2) is 0 Å². The smallest absolute Gasteiger partial charge is 0.292 e. The van der Waals surface area contributed by atoms with Gasteiger partial charge in [0, 0.05) is 56.6 Å². The molecule has 9 nitrogen and oxygen atoms in total. The second kappa shape index (κ2) is 9.22. The topological polar surface area (TPSA) is 88.4 Å². The summed E-state index contributed by atoms with van der Waals surface area (Å²) in [7, 11) is 1.58. The first-order valence-corrected chi connectivity index (χ1v) is 10.4. The molecule has 2 heterocycles. The number of nitrogens with zero attached hydrogens (tertiary/aromatic N) is 4. The number of methoxy groups -OCH3 is 1. The van der Waals surface area contributed by atoms with Crippen LogP contribution in [0.5, 0.6) is 5.75 Å². The average molecular weight is 426 g/mol. The van der Waals surface area contributed by atoms with Crippen LogP contribution in [0.25, 0.3) is 0 Å². The normalized spacial score (nSPS) is 16.9. The molecule has 2 fully saturated rings. The van der Waals surface area contributed by atoms with Gasteiger partial charge < -0.3 is 24.2 Å². The van der Waals surface area contributed by atoms with Crippen LogP contribution < -0.4 is 14.5 Å². The molecule has 1 amide bonds. The molecule has 2 aromatic rings. The zero-order valence-corrected chi connectivity index (χ0v) is 17.5. The van der Waals surface area contributed by atoms with Crippen LogP contribution in [0.4, 0.5) is 17.1 Å². The molecule has 4 rings (SSSR count). The van der Waals surface area contributed by atoms with Gasteiger partial charge in [-0.2, -0.15) is 0 Å². The second-order valence-corrected chi connectivity index (χ2v) is 7.54. The lowest BCUT2D eigenvalue weighted by molar-refractivity contribution is -0.384. The molecule has 0 N–H and O–H groups in total. The zero-order valence-electron chi connectivity index (χ0n) is 17.5. The van der Waals surface area contributed by atoms with Crippen LogP contribution in [0, 0.1) is 10.1 Å². The molecular formula is C22H26N4O5. The minimum absolute atomic E-state index is 0.0174. The Hall–Kier alpha value is -3.33. The first kappa shape index (κ1) is 20.9. The third-order valence-corrected chi connectivity index (χ3v) is 5.76. The molecule has 0 aromatic heterocycles. The molecule has 0 unspecified atom stereocenters. The van der Waals surface area contributed by atoms with Crippen molar-refractivity contribution in [2.75, 3.05) is 69.4 Å². The van der Waals surface area contributed by atoms with Crippen molar-refractivity contribution in [2.24, 2.45) is 0 Å². The number of morpholine rings is 1. The zero-order chi connectivity index (χ0) is 21.8. The van der Waals surface area contributed by atoms with Gasteiger partial charge in [-0.05, 0) is 30.3 Å². The summed E-state index contributed by atoms with van der Waals surface area (Å²) in [5.41, 5.74) is 2.27. The lowest BCUT2D eigenvalue weighted by Crippen LogP contribution is -2.48. The summed E-state index contributed by atoms with van der Waals surface area (Å²) in [5.74, 6) is 0.641. The molecule has 0 bridgehead atoms. The van der Waals surface area contributed by atoms with Crippen molar-refractivity contribution in [3.63, 3.8) is 0 Å². The van der Waals surface area contributed by atoms with Crippen molar-refractivity contribution in [1.82, 2.24) is 4.90 Å². The van der Waals surface area contributed by atoms with E-state index in [-0.39, 0.29) is 16.5 Å². The molecule has 0 aliphatic carbocycles. The summed E-state index contributed by atoms with van der Waals surface area (Å²) >= 11 is 0. The summed E-state index contributed by atoms with van der Waals surface area (Å²) in [6.07, 6.45) is 0. The highest BCUT2D eigenvalue weighted by Crippen LogP contribution is 2.33. The SMILES string of the molecule is COc1cccc(C(=O)N2CCN(c3ccc([N+](=O)[O-])c(N4CCOCC4)c3)CC2)c1. The van der Waals surface area contributed by atoms with Crippen molar-refractivity contribution in [2.45, 2.75) is 0 Å². The van der Waals surface area contributed by atoms with Crippen LogP contribution in [0.2, 0.25) is 0 Å². The van der Waals surface area contributed by atoms with Gasteiger partial charge in [-0.1, -0.05) is 6.07 Å². The van der Waals surface area contributed by atoms with Crippen LogP contribution in [0.15, 0.2) is 42.5 Å². The number of hydrogen-bond acceptors (Lipinski definition) is 7. The van der Waals surface area contributed by atoms with Crippen LogP contribution in [-0.2, 0) is 4.74 Å². The van der Waals surface area contributed by atoms with Crippen molar-refractivity contribution in [1.29, 1.82) is 0 Å². The average Bonchev–Trinajstić information content (AvgIpc) is 2.84. The van der Waals surface area contributed by atoms with Gasteiger partial charge in [-0.3, -0.25) is 14.9 Å². The molecule has 9 heteroatoms. The van der Waals surface area contributed by atoms with Gasteiger partial charge in [-0.15, -0.1) is 0 Å². The highest BCUT2D eigenvalue weighted by molar-refractivity contribution is 5.94. The monoisotopic (exact) mass is 426 g/mol. The van der Waals surface area contributed by atoms with E-state index in [9.17, 15) is 14.9 Å². The van der Waals surface area contributed by atoms with Crippen molar-refractivity contribution in [3.05, 3.63) is 58.1 Å². The Bertz CT molecular complexity index is 953. The predicted octanol–water partition coefficient (Wildman–Crippen LogP) is 2.40. The van der Waals surface area contributed by atoms with E-state index in [0.717, 1.165) is 5.69 Å². The van der Waals surface area contributed by atoms with Crippen LogP contribution in [-0.4, -0.2) is 75.3 Å². The Morgan fingerprint density at radius 1 is 1.00 bits per heavy atom. The Labute approximate surface area is 180 Å². The van der Waals surface area contributed by atoms with E-state index in [2.05, 4.69) is 4.90 Å². The quantitative estimate of drug-likeness (QED) is 0.536. The van der Waals surface area contributed by atoms with Crippen LogP contribution in [0.3, 0.4) is 0 Å². The van der Waals surface area contributed by atoms with Gasteiger partial charge in [0.1, 0.15) is 11.4 Å². The number of hydrogen-bond donors (Lipinski definition) is 0. The highest BCUT2D eigenvalue weighted by Gasteiger charge is 2.26. The van der Waals surface area contributed by atoms with Gasteiger partial charge in [-0.25, -0.2) is 0 Å². The number of carbonyl (C=O) groups excluding carboxylic acids is 1. The van der Waals surface area contributed by atoms with E-state index >= 15 is 0 Å². The minimum atomic E-state index is -0.334. The molecule has 164 valence electrons. The summed E-state index contributed by atoms with van der Waals surface area (Å²) < 4.78 is 10.6. The lowest BCUT2D eigenvalue weighted by Gasteiger charge is -2.37. The van der Waals surface area contributed by atoms with E-state index in [0.29, 0.717) is 69.5 Å². The van der Waals surface area contributed by atoms with Crippen LogP contribution in [0.1, 0.15) is 10.4 Å². The number of nitro benzene ring substituents is 1. The minimum Gasteiger partial charge on any atom is -0.497 e. The number of benzene rings is 2. The van der Waals surface area contributed by atoms with Crippen molar-refractivity contribution >= 4 is 23.0 Å². The summed E-state index contributed by atoms with van der Waals surface area (Å²) in [4.78, 5) is 30.1. The number of ether oxygens (including phenoxy) is 2. The number of piperazine rings is 1.